The van der Waals surface area contributed by atoms with Crippen LogP contribution < -0.4 is 19.8 Å². The van der Waals surface area contributed by atoms with E-state index < -0.39 is 27.7 Å². The molecule has 0 aliphatic carbocycles. The Labute approximate surface area is 189 Å². The molecule has 0 bridgehead atoms. The molecule has 0 radical (unpaired) electrons. The van der Waals surface area contributed by atoms with E-state index in [1.807, 2.05) is 6.92 Å². The smallest absolute Gasteiger partial charge is 0.344 e. The van der Waals surface area contributed by atoms with Gasteiger partial charge in [0.05, 0.1) is 17.4 Å². The lowest BCUT2D eigenvalue weighted by Crippen LogP contribution is -2.40. The van der Waals surface area contributed by atoms with Crippen LogP contribution in [-0.4, -0.2) is 27.5 Å². The number of carbonyl (C=O) groups is 1. The Morgan fingerprint density at radius 3 is 2.30 bits per heavy atom. The van der Waals surface area contributed by atoms with E-state index in [4.69, 9.17) is 13.9 Å². The number of esters is 1. The number of benzene rings is 3. The van der Waals surface area contributed by atoms with Crippen LogP contribution in [-0.2, 0) is 14.8 Å². The first-order valence-corrected chi connectivity index (χ1v) is 11.5. The zero-order valence-corrected chi connectivity index (χ0v) is 18.9. The third-order valence-corrected chi connectivity index (χ3v) is 6.68. The van der Waals surface area contributed by atoms with Gasteiger partial charge in [-0.15, -0.1) is 0 Å². The highest BCUT2D eigenvalue weighted by Gasteiger charge is 2.24. The maximum absolute atomic E-state index is 12.5. The molecule has 0 saturated heterocycles. The summed E-state index contributed by atoms with van der Waals surface area (Å²) in [4.78, 5) is 25.0. The molecule has 0 fully saturated rings. The first-order valence-electron chi connectivity index (χ1n) is 10.0. The number of hydrogen-bond donors (Lipinski definition) is 1. The lowest BCUT2D eigenvalue weighted by molar-refractivity contribution is -0.135. The molecule has 0 spiro atoms. The van der Waals surface area contributed by atoms with Crippen molar-refractivity contribution in [3.8, 4) is 11.5 Å². The van der Waals surface area contributed by atoms with Gasteiger partial charge in [0.15, 0.2) is 0 Å². The zero-order valence-electron chi connectivity index (χ0n) is 18.1. The van der Waals surface area contributed by atoms with Crippen LogP contribution in [0.2, 0.25) is 0 Å². The molecule has 1 heterocycles. The van der Waals surface area contributed by atoms with Crippen molar-refractivity contribution < 1.29 is 27.1 Å². The molecule has 0 aliphatic heterocycles. The van der Waals surface area contributed by atoms with Gasteiger partial charge in [-0.2, -0.15) is 4.72 Å². The van der Waals surface area contributed by atoms with Crippen LogP contribution in [0, 0.1) is 6.92 Å². The second-order valence-corrected chi connectivity index (χ2v) is 9.25. The summed E-state index contributed by atoms with van der Waals surface area (Å²) in [5.74, 6) is -0.162. The fourth-order valence-electron chi connectivity index (χ4n) is 3.35. The average Bonchev–Trinajstić information content (AvgIpc) is 2.78. The first-order chi connectivity index (χ1) is 15.7. The van der Waals surface area contributed by atoms with Gasteiger partial charge < -0.3 is 13.9 Å². The minimum atomic E-state index is -3.90. The largest absolute Gasteiger partial charge is 0.497 e. The van der Waals surface area contributed by atoms with Gasteiger partial charge in [-0.1, -0.05) is 17.7 Å². The van der Waals surface area contributed by atoms with Crippen LogP contribution in [0.5, 0.6) is 11.5 Å². The first kappa shape index (κ1) is 22.5. The van der Waals surface area contributed by atoms with Gasteiger partial charge >= 0.3 is 11.6 Å². The summed E-state index contributed by atoms with van der Waals surface area (Å²) >= 11 is 0. The summed E-state index contributed by atoms with van der Waals surface area (Å²) < 4.78 is 43.2. The van der Waals surface area contributed by atoms with Gasteiger partial charge in [-0.3, -0.25) is 0 Å². The molecule has 1 N–H and O–H groups in total. The molecular weight excluding hydrogens is 446 g/mol. The number of aryl methyl sites for hydroxylation is 1. The standard InChI is InChI=1S/C24H21NO7S/c1-14-4-8-18(9-5-14)33(28,29)25-15(2)23(26)31-17-7-11-20-19-10-6-16(30-3)12-21(19)24(27)32-22(20)13-17/h4-13,15,25H,1-3H3/t15-/m0/s1. The molecule has 3 aromatic carbocycles. The van der Waals surface area contributed by atoms with E-state index in [2.05, 4.69) is 4.72 Å². The van der Waals surface area contributed by atoms with Gasteiger partial charge in [-0.05, 0) is 56.3 Å². The fourth-order valence-corrected chi connectivity index (χ4v) is 4.55. The lowest BCUT2D eigenvalue weighted by Gasteiger charge is -2.14. The Balaban J connectivity index is 1.56. The molecule has 0 saturated carbocycles. The summed E-state index contributed by atoms with van der Waals surface area (Å²) in [5, 5.41) is 1.69. The van der Waals surface area contributed by atoms with E-state index in [0.717, 1.165) is 5.56 Å². The Morgan fingerprint density at radius 1 is 0.939 bits per heavy atom. The van der Waals surface area contributed by atoms with Crippen LogP contribution >= 0.6 is 0 Å². The topological polar surface area (TPSA) is 112 Å². The summed E-state index contributed by atoms with van der Waals surface area (Å²) in [6.45, 7) is 3.23. The van der Waals surface area contributed by atoms with Crippen molar-refractivity contribution in [1.29, 1.82) is 0 Å². The van der Waals surface area contributed by atoms with Gasteiger partial charge in [0.2, 0.25) is 10.0 Å². The van der Waals surface area contributed by atoms with E-state index >= 15 is 0 Å². The van der Waals surface area contributed by atoms with Crippen LogP contribution in [0.15, 0.2) is 74.8 Å². The number of methoxy groups -OCH3 is 1. The van der Waals surface area contributed by atoms with Crippen molar-refractivity contribution in [2.45, 2.75) is 24.8 Å². The van der Waals surface area contributed by atoms with Gasteiger partial charge in [-0.25, -0.2) is 18.0 Å². The van der Waals surface area contributed by atoms with E-state index in [-0.39, 0.29) is 16.2 Å². The van der Waals surface area contributed by atoms with Gasteiger partial charge in [0.1, 0.15) is 23.1 Å². The number of ether oxygens (including phenoxy) is 2. The minimum Gasteiger partial charge on any atom is -0.497 e. The lowest BCUT2D eigenvalue weighted by atomic mass is 10.1. The SMILES string of the molecule is COc1ccc2c(c1)c(=O)oc1cc(OC(=O)[C@H](C)NS(=O)(=O)c3ccc(C)cc3)ccc12. The third kappa shape index (κ3) is 4.59. The molecule has 1 aromatic heterocycles. The van der Waals surface area contributed by atoms with Gasteiger partial charge in [0, 0.05) is 16.8 Å². The Kier molecular flexibility index (Phi) is 5.92. The fraction of sp³-hybridized carbons (Fsp3) is 0.167. The van der Waals surface area contributed by atoms with E-state index in [0.29, 0.717) is 21.9 Å². The number of rotatable bonds is 6. The van der Waals surface area contributed by atoms with Crippen molar-refractivity contribution in [2.75, 3.05) is 7.11 Å². The van der Waals surface area contributed by atoms with Crippen molar-refractivity contribution >= 4 is 37.7 Å². The van der Waals surface area contributed by atoms with Gasteiger partial charge in [0.25, 0.3) is 0 Å². The van der Waals surface area contributed by atoms with E-state index in [1.54, 1.807) is 42.5 Å². The van der Waals surface area contributed by atoms with Crippen molar-refractivity contribution in [3.63, 3.8) is 0 Å². The number of nitrogens with one attached hydrogen (secondary N) is 1. The minimum absolute atomic E-state index is 0.0451. The highest BCUT2D eigenvalue weighted by molar-refractivity contribution is 7.89. The summed E-state index contributed by atoms with van der Waals surface area (Å²) in [5.41, 5.74) is 0.589. The molecule has 9 heteroatoms. The number of carbonyl (C=O) groups excluding carboxylic acids is 1. The predicted octanol–water partition coefficient (Wildman–Crippen LogP) is 3.54. The third-order valence-electron chi connectivity index (χ3n) is 5.13. The Hall–Kier alpha value is -3.69. The number of fused-ring (bicyclic) bond motifs is 3. The van der Waals surface area contributed by atoms with Crippen molar-refractivity contribution in [3.05, 3.63) is 76.6 Å². The molecule has 4 aromatic rings. The van der Waals surface area contributed by atoms with Crippen LogP contribution in [0.25, 0.3) is 21.7 Å². The average molecular weight is 467 g/mol. The normalized spacial score (nSPS) is 12.6. The molecule has 8 nitrogen and oxygen atoms in total. The molecule has 170 valence electrons. The molecule has 0 amide bonds. The molecular formula is C24H21NO7S. The monoisotopic (exact) mass is 467 g/mol. The maximum atomic E-state index is 12.5. The second-order valence-electron chi connectivity index (χ2n) is 7.54. The molecule has 0 aliphatic rings. The van der Waals surface area contributed by atoms with Crippen molar-refractivity contribution in [2.24, 2.45) is 0 Å². The maximum Gasteiger partial charge on any atom is 0.344 e. The van der Waals surface area contributed by atoms with E-state index in [1.165, 1.54) is 32.2 Å². The van der Waals surface area contributed by atoms with Crippen molar-refractivity contribution in [1.82, 2.24) is 4.72 Å². The summed E-state index contributed by atoms with van der Waals surface area (Å²) in [6.07, 6.45) is 0. The van der Waals surface area contributed by atoms with Crippen LogP contribution in [0.1, 0.15) is 12.5 Å². The highest BCUT2D eigenvalue weighted by Crippen LogP contribution is 2.28. The highest BCUT2D eigenvalue weighted by atomic mass is 32.2. The molecule has 1 atom stereocenters. The van der Waals surface area contributed by atoms with Crippen LogP contribution in [0.4, 0.5) is 0 Å². The second kappa shape index (κ2) is 8.68. The molecule has 0 unspecified atom stereocenters. The summed E-state index contributed by atoms with van der Waals surface area (Å²) in [7, 11) is -2.40. The molecule has 4 rings (SSSR count). The Bertz CT molecular complexity index is 1520. The van der Waals surface area contributed by atoms with Crippen LogP contribution in [0.3, 0.4) is 0 Å². The zero-order chi connectivity index (χ0) is 23.8. The summed E-state index contributed by atoms with van der Waals surface area (Å²) in [6, 6.07) is 14.8. The quantitative estimate of drug-likeness (QED) is 0.200. The predicted molar refractivity (Wildman–Crippen MR) is 123 cm³/mol. The number of hydrogen-bond acceptors (Lipinski definition) is 7. The Morgan fingerprint density at radius 2 is 1.61 bits per heavy atom. The number of sulfonamides is 1. The molecule has 33 heavy (non-hydrogen) atoms. The van der Waals surface area contributed by atoms with E-state index in [9.17, 15) is 18.0 Å².